The molecule has 0 spiro atoms. The van der Waals surface area contributed by atoms with Crippen LogP contribution in [0.2, 0.25) is 0 Å². The molecule has 0 atom stereocenters. The van der Waals surface area contributed by atoms with Crippen LogP contribution >= 0.6 is 0 Å². The first-order valence-corrected chi connectivity index (χ1v) is 6.21. The third-order valence-corrected chi connectivity index (χ3v) is 3.36. The maximum absolute atomic E-state index is 11.8. The first-order valence-electron chi connectivity index (χ1n) is 6.21. The lowest BCUT2D eigenvalue weighted by Crippen LogP contribution is -2.38. The fourth-order valence-corrected chi connectivity index (χ4v) is 2.47. The monoisotopic (exact) mass is 244 g/mol. The molecule has 0 aliphatic carbocycles. The second kappa shape index (κ2) is 4.46. The molecule has 0 aromatic carbocycles. The lowest BCUT2D eigenvalue weighted by molar-refractivity contribution is 0.101. The zero-order chi connectivity index (χ0) is 12.5. The normalized spacial score (nSPS) is 16.2. The minimum Gasteiger partial charge on any atom is -0.378 e. The summed E-state index contributed by atoms with van der Waals surface area (Å²) >= 11 is 0. The van der Waals surface area contributed by atoms with Gasteiger partial charge in [0.2, 0.25) is 0 Å². The van der Waals surface area contributed by atoms with Crippen molar-refractivity contribution in [3.05, 3.63) is 36.0 Å². The van der Waals surface area contributed by atoms with Crippen LogP contribution in [0.25, 0.3) is 5.52 Å². The lowest BCUT2D eigenvalue weighted by atomic mass is 10.1. The van der Waals surface area contributed by atoms with Crippen molar-refractivity contribution in [1.29, 1.82) is 0 Å². The number of anilines is 1. The first-order chi connectivity index (χ1) is 8.77. The molecule has 1 saturated heterocycles. The third kappa shape index (κ3) is 1.78. The van der Waals surface area contributed by atoms with Crippen LogP contribution in [0.5, 0.6) is 0 Å². The molecule has 0 unspecified atom stereocenters. The van der Waals surface area contributed by atoms with Gasteiger partial charge in [-0.15, -0.1) is 0 Å². The standard InChI is InChI=1S/C14H16N2O2/c1-11(17)13-5-4-12-3-2-6-16(12)14(13)15-7-9-18-10-8-15/h2-6H,7-10H2,1H3. The molecule has 94 valence electrons. The zero-order valence-electron chi connectivity index (χ0n) is 10.4. The molecule has 4 heteroatoms. The third-order valence-electron chi connectivity index (χ3n) is 3.36. The summed E-state index contributed by atoms with van der Waals surface area (Å²) in [7, 11) is 0. The van der Waals surface area contributed by atoms with Crippen LogP contribution < -0.4 is 4.90 Å². The Morgan fingerprint density at radius 2 is 2.00 bits per heavy atom. The van der Waals surface area contributed by atoms with Crippen LogP contribution in [-0.2, 0) is 4.74 Å². The van der Waals surface area contributed by atoms with Crippen molar-refractivity contribution >= 4 is 17.1 Å². The fourth-order valence-electron chi connectivity index (χ4n) is 2.47. The summed E-state index contributed by atoms with van der Waals surface area (Å²) in [5.74, 6) is 1.10. The van der Waals surface area contributed by atoms with Crippen LogP contribution in [0, 0.1) is 0 Å². The zero-order valence-corrected chi connectivity index (χ0v) is 10.4. The predicted molar refractivity (Wildman–Crippen MR) is 70.4 cm³/mol. The molecule has 3 rings (SSSR count). The van der Waals surface area contributed by atoms with E-state index in [1.165, 1.54) is 0 Å². The minimum atomic E-state index is 0.104. The number of carbonyl (C=O) groups is 1. The van der Waals surface area contributed by atoms with E-state index in [-0.39, 0.29) is 5.78 Å². The molecule has 2 aromatic rings. The molecule has 0 amide bonds. The number of hydrogen-bond acceptors (Lipinski definition) is 3. The van der Waals surface area contributed by atoms with E-state index in [0.717, 1.165) is 43.2 Å². The van der Waals surface area contributed by atoms with Gasteiger partial charge in [0.15, 0.2) is 5.78 Å². The Morgan fingerprint density at radius 1 is 1.22 bits per heavy atom. The number of carbonyl (C=O) groups excluding carboxylic acids is 1. The molecule has 18 heavy (non-hydrogen) atoms. The molecule has 0 saturated carbocycles. The molecule has 0 radical (unpaired) electrons. The number of pyridine rings is 1. The number of aromatic nitrogens is 1. The number of ketones is 1. The van der Waals surface area contributed by atoms with E-state index < -0.39 is 0 Å². The summed E-state index contributed by atoms with van der Waals surface area (Å²) in [6.45, 7) is 4.72. The number of nitrogens with zero attached hydrogens (tertiary/aromatic N) is 2. The predicted octanol–water partition coefficient (Wildman–Crippen LogP) is 1.98. The van der Waals surface area contributed by atoms with Crippen LogP contribution in [-0.4, -0.2) is 36.5 Å². The number of fused-ring (bicyclic) bond motifs is 1. The second-order valence-electron chi connectivity index (χ2n) is 4.53. The summed E-state index contributed by atoms with van der Waals surface area (Å²) in [6, 6.07) is 7.96. The Balaban J connectivity index is 2.18. The van der Waals surface area contributed by atoms with Gasteiger partial charge in [0.1, 0.15) is 5.82 Å². The highest BCUT2D eigenvalue weighted by Gasteiger charge is 2.19. The highest BCUT2D eigenvalue weighted by atomic mass is 16.5. The maximum atomic E-state index is 11.8. The van der Waals surface area contributed by atoms with E-state index in [1.54, 1.807) is 6.92 Å². The fraction of sp³-hybridized carbons (Fsp3) is 0.357. The van der Waals surface area contributed by atoms with Crippen LogP contribution in [0.3, 0.4) is 0 Å². The molecular weight excluding hydrogens is 228 g/mol. The van der Waals surface area contributed by atoms with Gasteiger partial charge in [0, 0.05) is 24.8 Å². The van der Waals surface area contributed by atoms with Gasteiger partial charge in [-0.3, -0.25) is 4.79 Å². The smallest absolute Gasteiger partial charge is 0.163 e. The van der Waals surface area contributed by atoms with Crippen molar-refractivity contribution in [2.45, 2.75) is 6.92 Å². The highest BCUT2D eigenvalue weighted by molar-refractivity contribution is 5.99. The lowest BCUT2D eigenvalue weighted by Gasteiger charge is -2.30. The minimum absolute atomic E-state index is 0.104. The van der Waals surface area contributed by atoms with Gasteiger partial charge >= 0.3 is 0 Å². The number of hydrogen-bond donors (Lipinski definition) is 0. The molecular formula is C14H16N2O2. The summed E-state index contributed by atoms with van der Waals surface area (Å²) in [5, 5.41) is 0. The summed E-state index contributed by atoms with van der Waals surface area (Å²) in [6.07, 6.45) is 2.01. The first kappa shape index (κ1) is 11.3. The van der Waals surface area contributed by atoms with E-state index in [2.05, 4.69) is 9.30 Å². The van der Waals surface area contributed by atoms with Crippen molar-refractivity contribution in [2.24, 2.45) is 0 Å². The molecule has 1 aliphatic heterocycles. The Bertz CT molecular complexity index is 582. The number of ether oxygens (including phenoxy) is 1. The van der Waals surface area contributed by atoms with Crippen molar-refractivity contribution in [3.8, 4) is 0 Å². The number of rotatable bonds is 2. The maximum Gasteiger partial charge on any atom is 0.163 e. The van der Waals surface area contributed by atoms with Gasteiger partial charge in [0.25, 0.3) is 0 Å². The Labute approximate surface area is 106 Å². The molecule has 0 N–H and O–H groups in total. The Kier molecular flexibility index (Phi) is 2.80. The average molecular weight is 244 g/mol. The molecule has 4 nitrogen and oxygen atoms in total. The summed E-state index contributed by atoms with van der Waals surface area (Å²) in [4.78, 5) is 14.0. The van der Waals surface area contributed by atoms with Gasteiger partial charge < -0.3 is 14.0 Å². The van der Waals surface area contributed by atoms with E-state index >= 15 is 0 Å². The highest BCUT2D eigenvalue weighted by Crippen LogP contribution is 2.24. The van der Waals surface area contributed by atoms with Gasteiger partial charge in [-0.2, -0.15) is 0 Å². The number of morpholine rings is 1. The van der Waals surface area contributed by atoms with Crippen LogP contribution in [0.15, 0.2) is 30.5 Å². The quantitative estimate of drug-likeness (QED) is 0.757. The van der Waals surface area contributed by atoms with Gasteiger partial charge in [-0.25, -0.2) is 0 Å². The van der Waals surface area contributed by atoms with Gasteiger partial charge in [-0.05, 0) is 31.2 Å². The number of Topliss-reactive ketones (excluding diaryl/α,β-unsaturated/α-hetero) is 1. The van der Waals surface area contributed by atoms with E-state index in [4.69, 9.17) is 4.74 Å². The van der Waals surface area contributed by atoms with Gasteiger partial charge in [0.05, 0.1) is 18.8 Å². The van der Waals surface area contributed by atoms with Gasteiger partial charge in [-0.1, -0.05) is 0 Å². The Morgan fingerprint density at radius 3 is 2.72 bits per heavy atom. The molecule has 1 aliphatic rings. The topological polar surface area (TPSA) is 34.0 Å². The SMILES string of the molecule is CC(=O)c1ccc2cccn2c1N1CCOCC1. The van der Waals surface area contributed by atoms with Crippen molar-refractivity contribution < 1.29 is 9.53 Å². The van der Waals surface area contributed by atoms with Crippen LogP contribution in [0.4, 0.5) is 5.82 Å². The Hall–Kier alpha value is -1.81. The molecule has 0 bridgehead atoms. The van der Waals surface area contributed by atoms with Crippen molar-refractivity contribution in [2.75, 3.05) is 31.2 Å². The van der Waals surface area contributed by atoms with Crippen molar-refractivity contribution in [3.63, 3.8) is 0 Å². The molecule has 3 heterocycles. The van der Waals surface area contributed by atoms with E-state index in [1.807, 2.05) is 30.5 Å². The van der Waals surface area contributed by atoms with Crippen molar-refractivity contribution in [1.82, 2.24) is 4.40 Å². The summed E-state index contributed by atoms with van der Waals surface area (Å²) < 4.78 is 7.46. The van der Waals surface area contributed by atoms with E-state index in [0.29, 0.717) is 0 Å². The van der Waals surface area contributed by atoms with E-state index in [9.17, 15) is 4.79 Å². The second-order valence-corrected chi connectivity index (χ2v) is 4.53. The average Bonchev–Trinajstić information content (AvgIpc) is 2.86. The molecule has 1 fully saturated rings. The molecule has 2 aromatic heterocycles. The largest absolute Gasteiger partial charge is 0.378 e. The van der Waals surface area contributed by atoms with Crippen LogP contribution in [0.1, 0.15) is 17.3 Å². The summed E-state index contributed by atoms with van der Waals surface area (Å²) in [5.41, 5.74) is 1.89.